The lowest BCUT2D eigenvalue weighted by Gasteiger charge is -2.36. The van der Waals surface area contributed by atoms with Crippen LogP contribution < -0.4 is 5.73 Å². The van der Waals surface area contributed by atoms with Crippen molar-refractivity contribution in [2.75, 3.05) is 0 Å². The van der Waals surface area contributed by atoms with E-state index in [0.29, 0.717) is 4.48 Å². The van der Waals surface area contributed by atoms with Crippen LogP contribution in [-0.4, -0.2) is 5.78 Å². The van der Waals surface area contributed by atoms with Gasteiger partial charge in [0.25, 0.3) is 0 Å². The van der Waals surface area contributed by atoms with Crippen LogP contribution in [0.25, 0.3) is 0 Å². The highest BCUT2D eigenvalue weighted by Gasteiger charge is 2.51. The molecule has 0 radical (unpaired) electrons. The summed E-state index contributed by atoms with van der Waals surface area (Å²) in [5, 5.41) is 0. The fourth-order valence-corrected chi connectivity index (χ4v) is 2.42. The molecule has 0 atom stereocenters. The Morgan fingerprint density at radius 1 is 1.45 bits per heavy atom. The smallest absolute Gasteiger partial charge is 0.184 e. The molecular formula is C8H8BrNO. The van der Waals surface area contributed by atoms with Crippen LogP contribution >= 0.6 is 15.9 Å². The molecule has 0 aliphatic heterocycles. The first kappa shape index (κ1) is 7.10. The Balaban J connectivity index is 2.40. The summed E-state index contributed by atoms with van der Waals surface area (Å²) in [6, 6.07) is 0. The summed E-state index contributed by atoms with van der Waals surface area (Å²) in [7, 11) is 0. The van der Waals surface area contributed by atoms with E-state index in [9.17, 15) is 4.79 Å². The van der Waals surface area contributed by atoms with Gasteiger partial charge in [-0.1, -0.05) is 12.2 Å². The molecule has 0 aromatic heterocycles. The third kappa shape index (κ3) is 0.644. The number of hydrogen-bond acceptors (Lipinski definition) is 2. The van der Waals surface area contributed by atoms with E-state index in [1.165, 1.54) is 0 Å². The summed E-state index contributed by atoms with van der Waals surface area (Å²) in [4.78, 5) is 11.4. The van der Waals surface area contributed by atoms with Gasteiger partial charge in [0.1, 0.15) is 0 Å². The van der Waals surface area contributed by atoms with Gasteiger partial charge in [-0.3, -0.25) is 4.79 Å². The van der Waals surface area contributed by atoms with Crippen molar-refractivity contribution in [1.82, 2.24) is 0 Å². The van der Waals surface area contributed by atoms with Crippen molar-refractivity contribution in [3.05, 3.63) is 22.3 Å². The van der Waals surface area contributed by atoms with Gasteiger partial charge < -0.3 is 5.73 Å². The highest BCUT2D eigenvalue weighted by atomic mass is 79.9. The second-order valence-corrected chi connectivity index (χ2v) is 3.81. The molecule has 0 aromatic rings. The molecule has 2 rings (SSSR count). The first-order valence-corrected chi connectivity index (χ1v) is 4.33. The van der Waals surface area contributed by atoms with Crippen LogP contribution in [0.2, 0.25) is 0 Å². The van der Waals surface area contributed by atoms with Gasteiger partial charge in [-0.05, 0) is 28.8 Å². The molecule has 0 saturated heterocycles. The number of carbonyl (C=O) groups excluding carboxylic acids is 1. The molecule has 2 aliphatic carbocycles. The molecule has 11 heavy (non-hydrogen) atoms. The molecular weight excluding hydrogens is 206 g/mol. The van der Waals surface area contributed by atoms with E-state index in [4.69, 9.17) is 5.73 Å². The summed E-state index contributed by atoms with van der Waals surface area (Å²) in [6.45, 7) is 0. The molecule has 2 N–H and O–H groups in total. The van der Waals surface area contributed by atoms with Gasteiger partial charge >= 0.3 is 0 Å². The summed E-state index contributed by atoms with van der Waals surface area (Å²) in [5.41, 5.74) is 6.12. The third-order valence-corrected chi connectivity index (χ3v) is 3.27. The van der Waals surface area contributed by atoms with Crippen molar-refractivity contribution < 1.29 is 4.79 Å². The summed E-state index contributed by atoms with van der Waals surface area (Å²) >= 11 is 3.15. The van der Waals surface area contributed by atoms with E-state index in [-0.39, 0.29) is 11.2 Å². The standard InChI is InChI=1S/C8H8BrNO/c9-5-6(10)8(7(5)11)3-1-2-4-8/h1-2H,3-4,10H2. The Morgan fingerprint density at radius 2 is 2.00 bits per heavy atom. The molecule has 0 heterocycles. The lowest BCUT2D eigenvalue weighted by Crippen LogP contribution is -2.44. The zero-order chi connectivity index (χ0) is 8.06. The first-order chi connectivity index (χ1) is 5.18. The first-order valence-electron chi connectivity index (χ1n) is 3.54. The number of halogens is 1. The lowest BCUT2D eigenvalue weighted by molar-refractivity contribution is -0.124. The fraction of sp³-hybridized carbons (Fsp3) is 0.375. The SMILES string of the molecule is NC1=C(Br)C(=O)C12CC=CC2. The van der Waals surface area contributed by atoms with Crippen molar-refractivity contribution in [2.24, 2.45) is 11.1 Å². The maximum Gasteiger partial charge on any atom is 0.184 e. The third-order valence-electron chi connectivity index (χ3n) is 2.49. The van der Waals surface area contributed by atoms with Crippen molar-refractivity contribution in [3.8, 4) is 0 Å². The van der Waals surface area contributed by atoms with Crippen LogP contribution in [0.4, 0.5) is 0 Å². The molecule has 0 amide bonds. The minimum atomic E-state index is -0.334. The second-order valence-electron chi connectivity index (χ2n) is 3.02. The average molecular weight is 214 g/mol. The molecule has 0 bridgehead atoms. The predicted octanol–water partition coefficient (Wildman–Crippen LogP) is 1.47. The quantitative estimate of drug-likeness (QED) is 0.620. The van der Waals surface area contributed by atoms with Crippen LogP contribution in [-0.2, 0) is 4.79 Å². The Labute approximate surface area is 73.3 Å². The van der Waals surface area contributed by atoms with E-state index >= 15 is 0 Å². The molecule has 0 aromatic carbocycles. The zero-order valence-corrected chi connectivity index (χ0v) is 7.52. The maximum absolute atomic E-state index is 11.4. The Kier molecular flexibility index (Phi) is 1.27. The predicted molar refractivity (Wildman–Crippen MR) is 46.0 cm³/mol. The normalized spacial score (nSPS) is 26.5. The lowest BCUT2D eigenvalue weighted by atomic mass is 9.70. The van der Waals surface area contributed by atoms with Crippen LogP contribution in [0.1, 0.15) is 12.8 Å². The van der Waals surface area contributed by atoms with Gasteiger partial charge in [-0.2, -0.15) is 0 Å². The van der Waals surface area contributed by atoms with Crippen LogP contribution in [0.3, 0.4) is 0 Å². The number of carbonyl (C=O) groups is 1. The molecule has 0 unspecified atom stereocenters. The van der Waals surface area contributed by atoms with E-state index in [2.05, 4.69) is 15.9 Å². The topological polar surface area (TPSA) is 43.1 Å². The maximum atomic E-state index is 11.4. The summed E-state index contributed by atoms with van der Waals surface area (Å²) in [5.74, 6) is 0.167. The number of nitrogens with two attached hydrogens (primary N) is 1. The van der Waals surface area contributed by atoms with Crippen LogP contribution in [0, 0.1) is 5.41 Å². The molecule has 1 spiro atoms. The average Bonchev–Trinajstić information content (AvgIpc) is 2.51. The number of hydrogen-bond donors (Lipinski definition) is 1. The Morgan fingerprint density at radius 3 is 2.45 bits per heavy atom. The largest absolute Gasteiger partial charge is 0.400 e. The molecule has 2 aliphatic rings. The highest BCUT2D eigenvalue weighted by molar-refractivity contribution is 9.12. The molecule has 0 fully saturated rings. The number of rotatable bonds is 0. The van der Waals surface area contributed by atoms with Crippen molar-refractivity contribution in [3.63, 3.8) is 0 Å². The monoisotopic (exact) mass is 213 g/mol. The fourth-order valence-electron chi connectivity index (χ4n) is 1.66. The number of ketones is 1. The number of Topliss-reactive ketones (excluding diaryl/α,β-unsaturated/α-hetero) is 1. The van der Waals surface area contributed by atoms with Gasteiger partial charge in [-0.15, -0.1) is 0 Å². The minimum Gasteiger partial charge on any atom is -0.400 e. The highest BCUT2D eigenvalue weighted by Crippen LogP contribution is 2.50. The van der Waals surface area contributed by atoms with Gasteiger partial charge in [0, 0.05) is 5.70 Å². The molecule has 0 saturated carbocycles. The van der Waals surface area contributed by atoms with Crippen molar-refractivity contribution in [2.45, 2.75) is 12.8 Å². The van der Waals surface area contributed by atoms with Crippen LogP contribution in [0.5, 0.6) is 0 Å². The van der Waals surface area contributed by atoms with Crippen molar-refractivity contribution >= 4 is 21.7 Å². The molecule has 58 valence electrons. The van der Waals surface area contributed by atoms with E-state index in [0.717, 1.165) is 18.5 Å². The summed E-state index contributed by atoms with van der Waals surface area (Å²) in [6.07, 6.45) is 5.61. The number of allylic oxidation sites excluding steroid dienone is 4. The zero-order valence-electron chi connectivity index (χ0n) is 5.93. The molecule has 2 nitrogen and oxygen atoms in total. The minimum absolute atomic E-state index is 0.167. The van der Waals surface area contributed by atoms with E-state index < -0.39 is 0 Å². The van der Waals surface area contributed by atoms with Gasteiger partial charge in [0.15, 0.2) is 5.78 Å². The van der Waals surface area contributed by atoms with E-state index in [1.54, 1.807) is 0 Å². The summed E-state index contributed by atoms with van der Waals surface area (Å²) < 4.78 is 0.584. The van der Waals surface area contributed by atoms with E-state index in [1.807, 2.05) is 12.2 Å². The van der Waals surface area contributed by atoms with Crippen molar-refractivity contribution in [1.29, 1.82) is 0 Å². The molecule has 3 heteroatoms. The Bertz CT molecular complexity index is 282. The van der Waals surface area contributed by atoms with Gasteiger partial charge in [0.2, 0.25) is 0 Å². The van der Waals surface area contributed by atoms with Gasteiger partial charge in [-0.25, -0.2) is 0 Å². The second kappa shape index (κ2) is 1.97. The Hall–Kier alpha value is -0.570. The van der Waals surface area contributed by atoms with Gasteiger partial charge in [0.05, 0.1) is 9.90 Å². The van der Waals surface area contributed by atoms with Crippen LogP contribution in [0.15, 0.2) is 22.3 Å².